The van der Waals surface area contributed by atoms with E-state index in [1.165, 1.54) is 17.7 Å². The van der Waals surface area contributed by atoms with Gasteiger partial charge in [0.2, 0.25) is 5.91 Å². The molecule has 1 unspecified atom stereocenters. The molecule has 2 aromatic carbocycles. The summed E-state index contributed by atoms with van der Waals surface area (Å²) in [4.78, 5) is 19.3. The number of carbonyl (C=O) groups excluding carboxylic acids is 1. The van der Waals surface area contributed by atoms with Gasteiger partial charge in [0.05, 0.1) is 11.5 Å². The summed E-state index contributed by atoms with van der Waals surface area (Å²) in [5, 5.41) is 0. The summed E-state index contributed by atoms with van der Waals surface area (Å²) >= 11 is 3.46. The van der Waals surface area contributed by atoms with E-state index in [0.717, 1.165) is 43.0 Å². The van der Waals surface area contributed by atoms with Crippen LogP contribution in [0.4, 0.5) is 18.9 Å². The van der Waals surface area contributed by atoms with Crippen LogP contribution in [0.25, 0.3) is 0 Å². The van der Waals surface area contributed by atoms with Crippen molar-refractivity contribution in [2.75, 3.05) is 44.2 Å². The van der Waals surface area contributed by atoms with Crippen LogP contribution in [-0.4, -0.2) is 55.0 Å². The molecule has 1 amide bonds. The minimum Gasteiger partial charge on any atom is -0.368 e. The third-order valence-electron chi connectivity index (χ3n) is 6.30. The molecule has 0 N–H and O–H groups in total. The molecule has 2 aromatic rings. The summed E-state index contributed by atoms with van der Waals surface area (Å²) < 4.78 is 40.1. The van der Waals surface area contributed by atoms with Crippen molar-refractivity contribution in [3.63, 3.8) is 0 Å². The van der Waals surface area contributed by atoms with Gasteiger partial charge in [-0.2, -0.15) is 13.2 Å². The zero-order chi connectivity index (χ0) is 22.7. The van der Waals surface area contributed by atoms with Crippen LogP contribution >= 0.6 is 15.9 Å². The third-order valence-corrected chi connectivity index (χ3v) is 6.83. The lowest BCUT2D eigenvalue weighted by Gasteiger charge is -2.40. The number of benzene rings is 2. The molecule has 2 aliphatic heterocycles. The molecule has 172 valence electrons. The SMILES string of the molecule is O=C(C1CCCN(Cc2ccc(Br)cc2)C1)N1CCN(c2cccc(C(F)(F)F)c2)CC1. The van der Waals surface area contributed by atoms with Gasteiger partial charge in [-0.3, -0.25) is 9.69 Å². The number of hydrogen-bond acceptors (Lipinski definition) is 3. The normalized spacial score (nSPS) is 20.4. The van der Waals surface area contributed by atoms with E-state index in [2.05, 4.69) is 33.0 Å². The number of nitrogens with zero attached hydrogens (tertiary/aromatic N) is 3. The summed E-state index contributed by atoms with van der Waals surface area (Å²) in [5.74, 6) is 0.161. The van der Waals surface area contributed by atoms with Gasteiger partial charge in [0.15, 0.2) is 0 Å². The van der Waals surface area contributed by atoms with Gasteiger partial charge >= 0.3 is 6.18 Å². The smallest absolute Gasteiger partial charge is 0.368 e. The number of rotatable bonds is 4. The highest BCUT2D eigenvalue weighted by molar-refractivity contribution is 9.10. The van der Waals surface area contributed by atoms with Gasteiger partial charge < -0.3 is 9.80 Å². The van der Waals surface area contributed by atoms with E-state index in [1.54, 1.807) is 6.07 Å². The lowest BCUT2D eigenvalue weighted by Crippen LogP contribution is -2.52. The molecule has 0 aromatic heterocycles. The zero-order valence-electron chi connectivity index (χ0n) is 17.8. The van der Waals surface area contributed by atoms with E-state index in [9.17, 15) is 18.0 Å². The average molecular weight is 510 g/mol. The van der Waals surface area contributed by atoms with Crippen LogP contribution in [0.1, 0.15) is 24.0 Å². The second-order valence-electron chi connectivity index (χ2n) is 8.56. The molecular weight excluding hydrogens is 483 g/mol. The fraction of sp³-hybridized carbons (Fsp3) is 0.458. The average Bonchev–Trinajstić information content (AvgIpc) is 2.80. The number of likely N-dealkylation sites (tertiary alicyclic amines) is 1. The van der Waals surface area contributed by atoms with Crippen LogP contribution in [0.2, 0.25) is 0 Å². The fourth-order valence-corrected chi connectivity index (χ4v) is 4.84. The Morgan fingerprint density at radius 3 is 2.41 bits per heavy atom. The van der Waals surface area contributed by atoms with Crippen molar-refractivity contribution < 1.29 is 18.0 Å². The van der Waals surface area contributed by atoms with Crippen LogP contribution in [-0.2, 0) is 17.5 Å². The Morgan fingerprint density at radius 2 is 1.72 bits per heavy atom. The minimum atomic E-state index is -4.35. The maximum absolute atomic E-state index is 13.2. The van der Waals surface area contributed by atoms with Crippen molar-refractivity contribution in [3.05, 3.63) is 64.1 Å². The van der Waals surface area contributed by atoms with Crippen LogP contribution in [0, 0.1) is 5.92 Å². The maximum atomic E-state index is 13.2. The number of anilines is 1. The topological polar surface area (TPSA) is 26.8 Å². The first-order valence-electron chi connectivity index (χ1n) is 11.0. The fourth-order valence-electron chi connectivity index (χ4n) is 4.57. The molecule has 2 saturated heterocycles. The summed E-state index contributed by atoms with van der Waals surface area (Å²) in [5.41, 5.74) is 1.16. The molecule has 4 nitrogen and oxygen atoms in total. The molecule has 0 aliphatic carbocycles. The van der Waals surface area contributed by atoms with Gasteiger partial charge in [0, 0.05) is 49.4 Å². The van der Waals surface area contributed by atoms with Gasteiger partial charge in [-0.05, 0) is 55.3 Å². The summed E-state index contributed by atoms with van der Waals surface area (Å²) in [6.07, 6.45) is -2.46. The van der Waals surface area contributed by atoms with Crippen LogP contribution in [0.15, 0.2) is 53.0 Å². The molecule has 2 fully saturated rings. The van der Waals surface area contributed by atoms with E-state index < -0.39 is 11.7 Å². The van der Waals surface area contributed by atoms with E-state index in [-0.39, 0.29) is 11.8 Å². The molecule has 2 aliphatic rings. The van der Waals surface area contributed by atoms with Crippen LogP contribution < -0.4 is 4.90 Å². The van der Waals surface area contributed by atoms with E-state index in [0.29, 0.717) is 31.9 Å². The van der Waals surface area contributed by atoms with Gasteiger partial charge in [-0.25, -0.2) is 0 Å². The molecule has 0 radical (unpaired) electrons. The van der Waals surface area contributed by atoms with E-state index in [1.807, 2.05) is 21.9 Å². The molecule has 4 rings (SSSR count). The first kappa shape index (κ1) is 23.1. The second-order valence-corrected chi connectivity index (χ2v) is 9.48. The summed E-state index contributed by atoms with van der Waals surface area (Å²) in [6.45, 7) is 4.74. The van der Waals surface area contributed by atoms with E-state index in [4.69, 9.17) is 0 Å². The zero-order valence-corrected chi connectivity index (χ0v) is 19.4. The summed E-state index contributed by atoms with van der Waals surface area (Å²) in [6, 6.07) is 13.7. The molecule has 2 heterocycles. The van der Waals surface area contributed by atoms with Gasteiger partial charge in [-0.1, -0.05) is 34.1 Å². The number of piperidine rings is 1. The predicted molar refractivity (Wildman–Crippen MR) is 122 cm³/mol. The van der Waals surface area contributed by atoms with Gasteiger partial charge in [0.1, 0.15) is 0 Å². The number of hydrogen-bond donors (Lipinski definition) is 0. The first-order valence-corrected chi connectivity index (χ1v) is 11.8. The van der Waals surface area contributed by atoms with Gasteiger partial charge in [-0.15, -0.1) is 0 Å². The van der Waals surface area contributed by atoms with Crippen molar-refractivity contribution in [1.29, 1.82) is 0 Å². The van der Waals surface area contributed by atoms with Crippen LogP contribution in [0.5, 0.6) is 0 Å². The molecular formula is C24H27BrF3N3O. The Hall–Kier alpha value is -2.06. The number of amides is 1. The summed E-state index contributed by atoms with van der Waals surface area (Å²) in [7, 11) is 0. The highest BCUT2D eigenvalue weighted by atomic mass is 79.9. The molecule has 1 atom stereocenters. The minimum absolute atomic E-state index is 0.0145. The molecule has 0 saturated carbocycles. The maximum Gasteiger partial charge on any atom is 0.416 e. The number of piperazine rings is 1. The van der Waals surface area contributed by atoms with Crippen molar-refractivity contribution in [1.82, 2.24) is 9.80 Å². The number of carbonyl (C=O) groups is 1. The van der Waals surface area contributed by atoms with Crippen LogP contribution in [0.3, 0.4) is 0 Å². The predicted octanol–water partition coefficient (Wildman–Crippen LogP) is 5.03. The lowest BCUT2D eigenvalue weighted by molar-refractivity contribution is -0.138. The van der Waals surface area contributed by atoms with Crippen molar-refractivity contribution >= 4 is 27.5 Å². The molecule has 0 bridgehead atoms. The molecule has 0 spiro atoms. The van der Waals surface area contributed by atoms with E-state index >= 15 is 0 Å². The Morgan fingerprint density at radius 1 is 1.00 bits per heavy atom. The number of halogens is 4. The second kappa shape index (κ2) is 9.83. The van der Waals surface area contributed by atoms with Gasteiger partial charge in [0.25, 0.3) is 0 Å². The Labute approximate surface area is 195 Å². The highest BCUT2D eigenvalue weighted by Gasteiger charge is 2.33. The molecule has 8 heteroatoms. The highest BCUT2D eigenvalue weighted by Crippen LogP contribution is 2.32. The van der Waals surface area contributed by atoms with Crippen molar-refractivity contribution in [3.8, 4) is 0 Å². The quantitative estimate of drug-likeness (QED) is 0.578. The monoisotopic (exact) mass is 509 g/mol. The Kier molecular flexibility index (Phi) is 7.10. The first-order chi connectivity index (χ1) is 15.3. The van der Waals surface area contributed by atoms with Crippen molar-refractivity contribution in [2.45, 2.75) is 25.6 Å². The standard InChI is InChI=1S/C24H27BrF3N3O/c25-21-8-6-18(7-9-21)16-29-10-2-3-19(17-29)23(32)31-13-11-30(12-14-31)22-5-1-4-20(15-22)24(26,27)28/h1,4-9,15,19H,2-3,10-14,16-17H2. The Balaban J connectivity index is 1.31. The number of alkyl halides is 3. The van der Waals surface area contributed by atoms with Crippen molar-refractivity contribution in [2.24, 2.45) is 5.92 Å². The lowest BCUT2D eigenvalue weighted by atomic mass is 9.95. The Bertz CT molecular complexity index is 927. The third kappa shape index (κ3) is 5.64. The largest absolute Gasteiger partial charge is 0.416 e. The molecule has 32 heavy (non-hydrogen) atoms.